The summed E-state index contributed by atoms with van der Waals surface area (Å²) in [6, 6.07) is 0. The average Bonchev–Trinajstić information content (AvgIpc) is 2.46. The van der Waals surface area contributed by atoms with E-state index in [9.17, 15) is 61.5 Å². The van der Waals surface area contributed by atoms with Crippen molar-refractivity contribution in [2.24, 2.45) is 0 Å². The summed E-state index contributed by atoms with van der Waals surface area (Å²) in [5, 5.41) is 16.2. The molecule has 3 nitrogen and oxygen atoms in total. The number of ether oxygens (including phenoxy) is 1. The van der Waals surface area contributed by atoms with Crippen LogP contribution < -0.4 is 0 Å². The SMILES string of the molecule is F[C-](F)C(F)(F)C(F)(F)F.F[C-](F)C(F)(F)C(F)(F)F.OCCOCCO.[Cd+2]. The second kappa shape index (κ2) is 14.7. The van der Waals surface area contributed by atoms with Gasteiger partial charge in [0.2, 0.25) is 0 Å². The van der Waals surface area contributed by atoms with Gasteiger partial charge in [-0.2, -0.15) is 26.3 Å². The quantitative estimate of drug-likeness (QED) is 0.223. The van der Waals surface area contributed by atoms with Crippen molar-refractivity contribution in [1.29, 1.82) is 0 Å². The third kappa shape index (κ3) is 13.9. The van der Waals surface area contributed by atoms with Crippen molar-refractivity contribution < 1.29 is 104 Å². The second-order valence-electron chi connectivity index (χ2n) is 3.72. The van der Waals surface area contributed by atoms with E-state index in [0.29, 0.717) is 13.2 Å². The zero-order chi connectivity index (χ0) is 22.7. The molecule has 168 valence electrons. The van der Waals surface area contributed by atoms with Crippen molar-refractivity contribution in [2.45, 2.75) is 24.2 Å². The maximum atomic E-state index is 11.1. The molecule has 0 fully saturated rings. The van der Waals surface area contributed by atoms with Gasteiger partial charge < -0.3 is 32.5 Å². The summed E-state index contributed by atoms with van der Waals surface area (Å²) in [7, 11) is 0. The van der Waals surface area contributed by atoms with Crippen LogP contribution in [0.1, 0.15) is 0 Å². The van der Waals surface area contributed by atoms with Crippen LogP contribution >= 0.6 is 0 Å². The van der Waals surface area contributed by atoms with Crippen LogP contribution in [0.4, 0.5) is 61.5 Å². The molecule has 0 aliphatic rings. The number of alkyl halides is 10. The molecule has 0 aliphatic carbocycles. The molecule has 28 heavy (non-hydrogen) atoms. The molecular weight excluding hydrogens is 546 g/mol. The fourth-order valence-corrected chi connectivity index (χ4v) is 0.445. The van der Waals surface area contributed by atoms with Crippen LogP contribution in [0, 0.1) is 12.9 Å². The molecule has 0 radical (unpaired) electrons. The molecule has 0 aromatic rings. The van der Waals surface area contributed by atoms with Crippen LogP contribution in [0.3, 0.4) is 0 Å². The molecule has 0 saturated heterocycles. The molecule has 0 aromatic heterocycles. The van der Waals surface area contributed by atoms with Gasteiger partial charge >= 0.3 is 39.7 Å². The standard InChI is InChI=1S/C4H10O3.2C3F7.Cd/c5-1-3-7-4-2-6;2*4-1(5)2(6,7)3(8,9)10;/h5-6H,1-4H2;;;/q;2*-1;+2. The van der Waals surface area contributed by atoms with Crippen molar-refractivity contribution in [1.82, 2.24) is 0 Å². The zero-order valence-electron chi connectivity index (χ0n) is 13.1. The average molecular weight is 557 g/mol. The van der Waals surface area contributed by atoms with E-state index in [-0.39, 0.29) is 40.5 Å². The first-order valence-corrected chi connectivity index (χ1v) is 5.86. The van der Waals surface area contributed by atoms with Gasteiger partial charge in [0, 0.05) is 0 Å². The summed E-state index contributed by atoms with van der Waals surface area (Å²) in [6.07, 6.45) is -20.3. The molecule has 2 N–H and O–H groups in total. The van der Waals surface area contributed by atoms with E-state index in [2.05, 4.69) is 4.74 Å². The molecule has 0 atom stereocenters. The third-order valence-electron chi connectivity index (χ3n) is 1.66. The van der Waals surface area contributed by atoms with E-state index < -0.39 is 37.0 Å². The Balaban J connectivity index is -0.000000154. The van der Waals surface area contributed by atoms with Crippen LogP contribution in [0.15, 0.2) is 0 Å². The topological polar surface area (TPSA) is 49.7 Å². The maximum absolute atomic E-state index is 11.1. The molecular formula is C10H10CdF14O3. The number of aliphatic hydroxyl groups is 2. The van der Waals surface area contributed by atoms with E-state index in [1.807, 2.05) is 0 Å². The van der Waals surface area contributed by atoms with Crippen LogP contribution in [0.2, 0.25) is 0 Å². The molecule has 0 amide bonds. The van der Waals surface area contributed by atoms with E-state index in [0.717, 1.165) is 0 Å². The zero-order valence-corrected chi connectivity index (χ0v) is 17.2. The molecule has 18 heteroatoms. The number of rotatable bonds is 6. The van der Waals surface area contributed by atoms with E-state index in [1.54, 1.807) is 0 Å². The first-order valence-electron chi connectivity index (χ1n) is 5.86. The van der Waals surface area contributed by atoms with Gasteiger partial charge in [0.05, 0.1) is 39.3 Å². The Hall–Kier alpha value is -0.178. The Morgan fingerprint density at radius 2 is 0.786 bits per heavy atom. The van der Waals surface area contributed by atoms with Gasteiger partial charge in [-0.15, -0.1) is 0 Å². The largest absolute Gasteiger partial charge is 2.00 e. The minimum Gasteiger partial charge on any atom is -0.415 e. The van der Waals surface area contributed by atoms with Gasteiger partial charge in [-0.3, -0.25) is 0 Å². The van der Waals surface area contributed by atoms with E-state index in [4.69, 9.17) is 10.2 Å². The number of hydrogen-bond donors (Lipinski definition) is 2. The summed E-state index contributed by atoms with van der Waals surface area (Å²) < 4.78 is 157. The van der Waals surface area contributed by atoms with Crippen LogP contribution in [-0.4, -0.2) is 60.8 Å². The van der Waals surface area contributed by atoms with Gasteiger partial charge in [0.15, 0.2) is 0 Å². The summed E-state index contributed by atoms with van der Waals surface area (Å²) >= 11 is 0. The molecule has 0 heterocycles. The summed E-state index contributed by atoms with van der Waals surface area (Å²) in [4.78, 5) is 0. The monoisotopic (exact) mass is 558 g/mol. The minimum absolute atomic E-state index is 0. The second-order valence-corrected chi connectivity index (χ2v) is 3.72. The van der Waals surface area contributed by atoms with Gasteiger partial charge in [0.25, 0.3) is 11.8 Å². The number of aliphatic hydroxyl groups excluding tert-OH is 2. The molecule has 0 unspecified atom stereocenters. The van der Waals surface area contributed by atoms with Crippen molar-refractivity contribution >= 4 is 0 Å². The molecule has 0 spiro atoms. The molecule has 0 aromatic carbocycles. The van der Waals surface area contributed by atoms with Gasteiger partial charge in [-0.05, 0) is 0 Å². The van der Waals surface area contributed by atoms with E-state index >= 15 is 0 Å². The number of hydrogen-bond acceptors (Lipinski definition) is 3. The van der Waals surface area contributed by atoms with Gasteiger partial charge in [-0.1, -0.05) is 0 Å². The van der Waals surface area contributed by atoms with Crippen LogP contribution in [0.25, 0.3) is 0 Å². The van der Waals surface area contributed by atoms with Crippen molar-refractivity contribution in [2.75, 3.05) is 26.4 Å². The summed E-state index contributed by atoms with van der Waals surface area (Å²) in [6.45, 7) is 0.696. The number of halogens is 14. The predicted octanol–water partition coefficient (Wildman–Crippen LogP) is 4.21. The Morgan fingerprint density at radius 1 is 0.571 bits per heavy atom. The molecule has 0 saturated carbocycles. The Labute approximate surface area is 167 Å². The van der Waals surface area contributed by atoms with Gasteiger partial charge in [0.1, 0.15) is 0 Å². The van der Waals surface area contributed by atoms with Gasteiger partial charge in [-0.25, -0.2) is 17.6 Å². The summed E-state index contributed by atoms with van der Waals surface area (Å²) in [5.74, 6) is -12.0. The molecule has 0 rings (SSSR count). The van der Waals surface area contributed by atoms with Crippen LogP contribution in [-0.2, 0) is 32.0 Å². The van der Waals surface area contributed by atoms with Crippen molar-refractivity contribution in [3.8, 4) is 0 Å². The molecule has 0 bridgehead atoms. The molecule has 0 aliphatic heterocycles. The maximum Gasteiger partial charge on any atom is 2.00 e. The van der Waals surface area contributed by atoms with Crippen LogP contribution in [0.5, 0.6) is 0 Å². The summed E-state index contributed by atoms with van der Waals surface area (Å²) in [5.41, 5.74) is 0. The minimum atomic E-state index is -6.20. The predicted molar refractivity (Wildman–Crippen MR) is 57.9 cm³/mol. The fraction of sp³-hybridized carbons (Fsp3) is 0.800. The Bertz CT molecular complexity index is 337. The smallest absolute Gasteiger partial charge is 0.415 e. The Kier molecular flexibility index (Phi) is 18.6. The first kappa shape index (κ1) is 35.3. The van der Waals surface area contributed by atoms with Crippen molar-refractivity contribution in [3.63, 3.8) is 0 Å². The third-order valence-corrected chi connectivity index (χ3v) is 1.66. The van der Waals surface area contributed by atoms with Crippen molar-refractivity contribution in [3.05, 3.63) is 12.9 Å². The normalized spacial score (nSPS) is 12.6. The van der Waals surface area contributed by atoms with E-state index in [1.165, 1.54) is 0 Å². The first-order chi connectivity index (χ1) is 11.8. The Morgan fingerprint density at radius 3 is 0.857 bits per heavy atom. The fourth-order valence-electron chi connectivity index (χ4n) is 0.445.